The van der Waals surface area contributed by atoms with Crippen LogP contribution in [0, 0.1) is 0 Å². The Kier molecular flexibility index (Phi) is 5.20. The first kappa shape index (κ1) is 12.9. The van der Waals surface area contributed by atoms with Crippen molar-refractivity contribution >= 4 is 39.0 Å². The maximum Gasteiger partial charge on any atom is 0.0327 e. The lowest BCUT2D eigenvalue weighted by Gasteiger charge is -2.28. The highest BCUT2D eigenvalue weighted by molar-refractivity contribution is 9.10. The van der Waals surface area contributed by atoms with Gasteiger partial charge in [-0.05, 0) is 52.9 Å². The van der Waals surface area contributed by atoms with Crippen LogP contribution in [0.15, 0.2) is 15.9 Å². The summed E-state index contributed by atoms with van der Waals surface area (Å²) in [6, 6.07) is 2.85. The Morgan fingerprint density at radius 3 is 3.12 bits per heavy atom. The second kappa shape index (κ2) is 6.43. The van der Waals surface area contributed by atoms with Crippen LogP contribution in [0.4, 0.5) is 0 Å². The van der Waals surface area contributed by atoms with Crippen LogP contribution in [-0.2, 0) is 6.54 Å². The molecule has 4 heteroatoms. The summed E-state index contributed by atoms with van der Waals surface area (Å²) in [7, 11) is 0. The molecule has 2 rings (SSSR count). The molecule has 0 amide bonds. The summed E-state index contributed by atoms with van der Waals surface area (Å²) in [5.41, 5.74) is 0. The number of hydrogen-bond acceptors (Lipinski definition) is 3. The Balaban J connectivity index is 1.79. The standard InChI is InChI=1S/C12H18BrNS2/c1-15-10-4-2-3-9(7-10)14-8-12-11(13)5-6-16-12/h5-6,9-10,14H,2-4,7-8H2,1H3. The molecule has 2 atom stereocenters. The van der Waals surface area contributed by atoms with Crippen LogP contribution in [0.25, 0.3) is 0 Å². The minimum Gasteiger partial charge on any atom is -0.309 e. The first-order chi connectivity index (χ1) is 7.79. The zero-order valence-electron chi connectivity index (χ0n) is 9.54. The molecule has 0 aliphatic heterocycles. The average Bonchev–Trinajstić information content (AvgIpc) is 2.72. The summed E-state index contributed by atoms with van der Waals surface area (Å²) < 4.78 is 1.25. The smallest absolute Gasteiger partial charge is 0.0327 e. The third-order valence-corrected chi connectivity index (χ3v) is 6.22. The number of thioether (sulfide) groups is 1. The number of halogens is 1. The molecule has 1 heterocycles. The highest BCUT2D eigenvalue weighted by Gasteiger charge is 2.20. The Bertz CT molecular complexity index is 327. The fourth-order valence-electron chi connectivity index (χ4n) is 2.23. The summed E-state index contributed by atoms with van der Waals surface area (Å²) in [6.07, 6.45) is 7.71. The van der Waals surface area contributed by atoms with E-state index >= 15 is 0 Å². The number of nitrogens with one attached hydrogen (secondary N) is 1. The van der Waals surface area contributed by atoms with E-state index in [0.717, 1.165) is 17.8 Å². The number of thiophene rings is 1. The molecular weight excluding hydrogens is 302 g/mol. The minimum absolute atomic E-state index is 0.722. The van der Waals surface area contributed by atoms with Crippen LogP contribution in [-0.4, -0.2) is 17.5 Å². The molecule has 1 aromatic rings. The van der Waals surface area contributed by atoms with Gasteiger partial charge in [-0.1, -0.05) is 6.42 Å². The van der Waals surface area contributed by atoms with E-state index in [4.69, 9.17) is 0 Å². The lowest BCUT2D eigenvalue weighted by atomic mass is 9.95. The van der Waals surface area contributed by atoms with Crippen molar-refractivity contribution in [1.82, 2.24) is 5.32 Å². The number of hydrogen-bond donors (Lipinski definition) is 1. The van der Waals surface area contributed by atoms with Crippen molar-refractivity contribution in [3.63, 3.8) is 0 Å². The van der Waals surface area contributed by atoms with Gasteiger partial charge in [0.2, 0.25) is 0 Å². The van der Waals surface area contributed by atoms with Gasteiger partial charge in [0.05, 0.1) is 0 Å². The topological polar surface area (TPSA) is 12.0 Å². The summed E-state index contributed by atoms with van der Waals surface area (Å²) in [5, 5.41) is 6.71. The maximum atomic E-state index is 3.70. The molecule has 90 valence electrons. The van der Waals surface area contributed by atoms with Crippen molar-refractivity contribution in [3.8, 4) is 0 Å². The van der Waals surface area contributed by atoms with E-state index in [1.54, 1.807) is 0 Å². The van der Waals surface area contributed by atoms with Crippen LogP contribution < -0.4 is 5.32 Å². The van der Waals surface area contributed by atoms with Crippen molar-refractivity contribution in [2.45, 2.75) is 43.5 Å². The van der Waals surface area contributed by atoms with E-state index in [1.807, 2.05) is 23.1 Å². The summed E-state index contributed by atoms with van der Waals surface area (Å²) in [5.74, 6) is 0. The molecule has 0 spiro atoms. The van der Waals surface area contributed by atoms with Gasteiger partial charge < -0.3 is 5.32 Å². The van der Waals surface area contributed by atoms with Gasteiger partial charge in [-0.3, -0.25) is 0 Å². The molecule has 1 fully saturated rings. The quantitative estimate of drug-likeness (QED) is 0.889. The third kappa shape index (κ3) is 3.49. The zero-order valence-corrected chi connectivity index (χ0v) is 12.8. The van der Waals surface area contributed by atoms with Crippen LogP contribution >= 0.6 is 39.0 Å². The van der Waals surface area contributed by atoms with E-state index in [9.17, 15) is 0 Å². The average molecular weight is 320 g/mol. The second-order valence-electron chi connectivity index (χ2n) is 4.29. The van der Waals surface area contributed by atoms with Gasteiger partial charge in [0.25, 0.3) is 0 Å². The fourth-order valence-corrected chi connectivity index (χ4v) is 4.50. The Morgan fingerprint density at radius 1 is 1.56 bits per heavy atom. The predicted octanol–water partition coefficient (Wildman–Crippen LogP) is 4.27. The molecule has 1 aliphatic rings. The first-order valence-corrected chi connectivity index (χ1v) is 8.73. The molecule has 1 nitrogen and oxygen atoms in total. The maximum absolute atomic E-state index is 3.70. The molecule has 1 N–H and O–H groups in total. The summed E-state index contributed by atoms with van der Waals surface area (Å²) >= 11 is 7.44. The molecule has 1 aromatic heterocycles. The van der Waals surface area contributed by atoms with E-state index in [2.05, 4.69) is 38.9 Å². The van der Waals surface area contributed by atoms with E-state index in [1.165, 1.54) is 35.0 Å². The molecule has 0 radical (unpaired) electrons. The van der Waals surface area contributed by atoms with Gasteiger partial charge in [-0.15, -0.1) is 11.3 Å². The monoisotopic (exact) mass is 319 g/mol. The van der Waals surface area contributed by atoms with Gasteiger partial charge in [0, 0.05) is 27.2 Å². The zero-order chi connectivity index (χ0) is 11.4. The molecular formula is C12H18BrNS2. The Morgan fingerprint density at radius 2 is 2.44 bits per heavy atom. The largest absolute Gasteiger partial charge is 0.309 e. The van der Waals surface area contributed by atoms with E-state index in [0.29, 0.717) is 0 Å². The van der Waals surface area contributed by atoms with E-state index in [-0.39, 0.29) is 0 Å². The van der Waals surface area contributed by atoms with E-state index < -0.39 is 0 Å². The van der Waals surface area contributed by atoms with Crippen molar-refractivity contribution in [3.05, 3.63) is 20.8 Å². The van der Waals surface area contributed by atoms with Crippen LogP contribution in [0.1, 0.15) is 30.6 Å². The van der Waals surface area contributed by atoms with Crippen LogP contribution in [0.5, 0.6) is 0 Å². The van der Waals surface area contributed by atoms with Crippen molar-refractivity contribution in [2.75, 3.05) is 6.26 Å². The van der Waals surface area contributed by atoms with Gasteiger partial charge in [-0.2, -0.15) is 11.8 Å². The highest BCUT2D eigenvalue weighted by Crippen LogP contribution is 2.28. The van der Waals surface area contributed by atoms with Crippen LogP contribution in [0.3, 0.4) is 0 Å². The summed E-state index contributed by atoms with van der Waals surface area (Å²) in [4.78, 5) is 1.42. The molecule has 0 bridgehead atoms. The lowest BCUT2D eigenvalue weighted by molar-refractivity contribution is 0.380. The minimum atomic E-state index is 0.722. The van der Waals surface area contributed by atoms with Crippen molar-refractivity contribution in [2.24, 2.45) is 0 Å². The SMILES string of the molecule is CSC1CCCC(NCc2sccc2Br)C1. The normalized spacial score (nSPS) is 25.9. The highest BCUT2D eigenvalue weighted by atomic mass is 79.9. The van der Waals surface area contributed by atoms with Gasteiger partial charge in [0.1, 0.15) is 0 Å². The van der Waals surface area contributed by atoms with Crippen LogP contribution in [0.2, 0.25) is 0 Å². The lowest BCUT2D eigenvalue weighted by Crippen LogP contribution is -2.34. The van der Waals surface area contributed by atoms with Gasteiger partial charge >= 0.3 is 0 Å². The third-order valence-electron chi connectivity index (χ3n) is 3.20. The Labute approximate surface area is 115 Å². The molecule has 1 aliphatic carbocycles. The first-order valence-electron chi connectivity index (χ1n) is 5.77. The number of rotatable bonds is 4. The van der Waals surface area contributed by atoms with Crippen molar-refractivity contribution in [1.29, 1.82) is 0 Å². The molecule has 0 aromatic carbocycles. The fraction of sp³-hybridized carbons (Fsp3) is 0.667. The second-order valence-corrected chi connectivity index (χ2v) is 7.29. The molecule has 2 unspecified atom stereocenters. The molecule has 16 heavy (non-hydrogen) atoms. The molecule has 0 saturated heterocycles. The molecule has 1 saturated carbocycles. The van der Waals surface area contributed by atoms with Gasteiger partial charge in [0.15, 0.2) is 0 Å². The van der Waals surface area contributed by atoms with Crippen molar-refractivity contribution < 1.29 is 0 Å². The van der Waals surface area contributed by atoms with Gasteiger partial charge in [-0.25, -0.2) is 0 Å². The predicted molar refractivity (Wildman–Crippen MR) is 78.4 cm³/mol. The Hall–Kier alpha value is 0.490. The summed E-state index contributed by atoms with van der Waals surface area (Å²) in [6.45, 7) is 1.02.